The van der Waals surface area contributed by atoms with E-state index in [2.05, 4.69) is 16.0 Å². The van der Waals surface area contributed by atoms with E-state index >= 15 is 0 Å². The number of ether oxygens (including phenoxy) is 1. The van der Waals surface area contributed by atoms with Gasteiger partial charge in [-0.15, -0.1) is 0 Å². The number of nitrogens with one attached hydrogen (secondary N) is 2. The van der Waals surface area contributed by atoms with Gasteiger partial charge in [-0.1, -0.05) is 35.5 Å². The van der Waals surface area contributed by atoms with Gasteiger partial charge in [0.05, 0.1) is 10.9 Å². The number of fused-ring (bicyclic) bond motifs is 1. The number of carbonyl (C=O) groups excluding carboxylic acids is 3. The van der Waals surface area contributed by atoms with E-state index in [9.17, 15) is 14.4 Å². The predicted molar refractivity (Wildman–Crippen MR) is 91.7 cm³/mol. The third kappa shape index (κ3) is 3.86. The molecular weight excluding hydrogens is 338 g/mol. The fourth-order valence-electron chi connectivity index (χ4n) is 2.27. The maximum absolute atomic E-state index is 12.2. The smallest absolute Gasteiger partial charge is 0.338 e. The Bertz CT molecular complexity index is 965. The molecule has 26 heavy (non-hydrogen) atoms. The lowest BCUT2D eigenvalue weighted by molar-refractivity contribution is -0.129. The molecular formula is C18H15N3O5. The maximum Gasteiger partial charge on any atom is 0.338 e. The molecule has 0 aliphatic heterocycles. The molecule has 3 rings (SSSR count). The molecule has 1 heterocycles. The second-order valence-corrected chi connectivity index (χ2v) is 5.42. The number of amides is 2. The number of nitrogens with zero attached hydrogens (tertiary/aromatic N) is 1. The summed E-state index contributed by atoms with van der Waals surface area (Å²) >= 11 is 0. The Labute approximate surface area is 148 Å². The Hall–Kier alpha value is -3.68. The van der Waals surface area contributed by atoms with Crippen molar-refractivity contribution in [1.82, 2.24) is 16.0 Å². The highest BCUT2D eigenvalue weighted by Gasteiger charge is 2.15. The van der Waals surface area contributed by atoms with Crippen LogP contribution < -0.4 is 10.9 Å². The Balaban J connectivity index is 1.75. The van der Waals surface area contributed by atoms with Crippen molar-refractivity contribution < 1.29 is 23.6 Å². The summed E-state index contributed by atoms with van der Waals surface area (Å²) in [5.41, 5.74) is 5.89. The number of aromatic nitrogens is 1. The van der Waals surface area contributed by atoms with Gasteiger partial charge in [-0.05, 0) is 18.2 Å². The van der Waals surface area contributed by atoms with E-state index < -0.39 is 24.4 Å². The molecule has 2 aromatic carbocycles. The van der Waals surface area contributed by atoms with E-state index in [4.69, 9.17) is 9.26 Å². The van der Waals surface area contributed by atoms with Crippen LogP contribution in [0.4, 0.5) is 0 Å². The molecule has 0 unspecified atom stereocenters. The van der Waals surface area contributed by atoms with Crippen molar-refractivity contribution in [3.8, 4) is 11.3 Å². The number of hydrogen-bond acceptors (Lipinski definition) is 6. The second-order valence-electron chi connectivity index (χ2n) is 5.42. The minimum atomic E-state index is -0.676. The van der Waals surface area contributed by atoms with Crippen molar-refractivity contribution in [3.63, 3.8) is 0 Å². The third-order valence-electron chi connectivity index (χ3n) is 3.46. The van der Waals surface area contributed by atoms with Crippen molar-refractivity contribution >= 4 is 28.7 Å². The Morgan fingerprint density at radius 1 is 1.08 bits per heavy atom. The van der Waals surface area contributed by atoms with Crippen molar-refractivity contribution in [2.45, 2.75) is 6.92 Å². The number of hydrazine groups is 1. The zero-order valence-electron chi connectivity index (χ0n) is 13.8. The van der Waals surface area contributed by atoms with Crippen LogP contribution in [0.5, 0.6) is 0 Å². The van der Waals surface area contributed by atoms with E-state index in [1.807, 2.05) is 30.3 Å². The van der Waals surface area contributed by atoms with Crippen molar-refractivity contribution in [2.75, 3.05) is 6.61 Å². The van der Waals surface area contributed by atoms with Gasteiger partial charge in [-0.3, -0.25) is 20.4 Å². The van der Waals surface area contributed by atoms with Gasteiger partial charge in [-0.25, -0.2) is 4.79 Å². The van der Waals surface area contributed by atoms with Crippen LogP contribution in [0.25, 0.3) is 22.2 Å². The van der Waals surface area contributed by atoms with Gasteiger partial charge < -0.3 is 9.26 Å². The molecule has 0 radical (unpaired) electrons. The Morgan fingerprint density at radius 3 is 2.58 bits per heavy atom. The largest absolute Gasteiger partial charge is 0.452 e. The summed E-state index contributed by atoms with van der Waals surface area (Å²) in [5, 5.41) is 4.64. The SMILES string of the molecule is CC(=O)NNC(=O)COC(=O)c1ccc2noc(-c3ccccc3)c2c1. The molecule has 2 N–H and O–H groups in total. The van der Waals surface area contributed by atoms with E-state index in [1.54, 1.807) is 12.1 Å². The average Bonchev–Trinajstić information content (AvgIpc) is 3.08. The van der Waals surface area contributed by atoms with Gasteiger partial charge in [0.1, 0.15) is 5.52 Å². The molecule has 0 bridgehead atoms. The standard InChI is InChI=1S/C18H15N3O5/c1-11(22)19-20-16(23)10-25-18(24)13-7-8-15-14(9-13)17(26-21-15)12-5-3-2-4-6-12/h2-9H,10H2,1H3,(H,19,22)(H,20,23). The lowest BCUT2D eigenvalue weighted by Gasteiger charge is -2.06. The molecule has 8 nitrogen and oxygen atoms in total. The lowest BCUT2D eigenvalue weighted by atomic mass is 10.1. The third-order valence-corrected chi connectivity index (χ3v) is 3.46. The molecule has 3 aromatic rings. The highest BCUT2D eigenvalue weighted by molar-refractivity contribution is 5.99. The summed E-state index contributed by atoms with van der Waals surface area (Å²) in [4.78, 5) is 34.3. The van der Waals surface area contributed by atoms with Crippen molar-refractivity contribution in [2.24, 2.45) is 0 Å². The molecule has 0 fully saturated rings. The Kier molecular flexibility index (Phi) is 4.93. The maximum atomic E-state index is 12.2. The minimum absolute atomic E-state index is 0.255. The summed E-state index contributed by atoms with van der Waals surface area (Å²) in [5.74, 6) is -1.22. The van der Waals surface area contributed by atoms with Crippen LogP contribution in [0.2, 0.25) is 0 Å². The molecule has 0 spiro atoms. The van der Waals surface area contributed by atoms with Gasteiger partial charge in [0, 0.05) is 12.5 Å². The number of hydrogen-bond donors (Lipinski definition) is 2. The second kappa shape index (κ2) is 7.47. The normalized spacial score (nSPS) is 10.3. The topological polar surface area (TPSA) is 111 Å². The summed E-state index contributed by atoms with van der Waals surface area (Å²) in [7, 11) is 0. The van der Waals surface area contributed by atoms with Crippen molar-refractivity contribution in [1.29, 1.82) is 0 Å². The summed E-state index contributed by atoms with van der Waals surface area (Å²) < 4.78 is 10.3. The van der Waals surface area contributed by atoms with Crippen LogP contribution in [0.3, 0.4) is 0 Å². The van der Waals surface area contributed by atoms with Crippen LogP contribution >= 0.6 is 0 Å². The van der Waals surface area contributed by atoms with E-state index in [0.717, 1.165) is 5.56 Å². The predicted octanol–water partition coefficient (Wildman–Crippen LogP) is 1.82. The minimum Gasteiger partial charge on any atom is -0.452 e. The highest BCUT2D eigenvalue weighted by atomic mass is 16.5. The molecule has 0 atom stereocenters. The molecule has 8 heteroatoms. The van der Waals surface area contributed by atoms with Gasteiger partial charge in [0.25, 0.3) is 5.91 Å². The number of rotatable bonds is 4. The van der Waals surface area contributed by atoms with Crippen LogP contribution in [-0.2, 0) is 14.3 Å². The Morgan fingerprint density at radius 2 is 1.85 bits per heavy atom. The van der Waals surface area contributed by atoms with E-state index in [-0.39, 0.29) is 5.56 Å². The van der Waals surface area contributed by atoms with E-state index in [0.29, 0.717) is 16.7 Å². The summed E-state index contributed by atoms with van der Waals surface area (Å²) in [6.45, 7) is 0.719. The first-order chi connectivity index (χ1) is 12.5. The van der Waals surface area contributed by atoms with Crippen LogP contribution in [-0.4, -0.2) is 29.5 Å². The number of benzene rings is 2. The number of carbonyl (C=O) groups is 3. The molecule has 0 saturated heterocycles. The molecule has 2 amide bonds. The van der Waals surface area contributed by atoms with Crippen LogP contribution in [0, 0.1) is 0 Å². The monoisotopic (exact) mass is 353 g/mol. The molecule has 132 valence electrons. The fraction of sp³-hybridized carbons (Fsp3) is 0.111. The first-order valence-electron chi connectivity index (χ1n) is 7.72. The van der Waals surface area contributed by atoms with Gasteiger partial charge in [0.2, 0.25) is 5.91 Å². The summed E-state index contributed by atoms with van der Waals surface area (Å²) in [6.07, 6.45) is 0. The summed E-state index contributed by atoms with van der Waals surface area (Å²) in [6, 6.07) is 14.1. The lowest BCUT2D eigenvalue weighted by Crippen LogP contribution is -2.42. The highest BCUT2D eigenvalue weighted by Crippen LogP contribution is 2.29. The quantitative estimate of drug-likeness (QED) is 0.547. The van der Waals surface area contributed by atoms with E-state index in [1.165, 1.54) is 13.0 Å². The number of esters is 1. The van der Waals surface area contributed by atoms with Crippen LogP contribution in [0.1, 0.15) is 17.3 Å². The molecule has 0 aliphatic carbocycles. The molecule has 1 aromatic heterocycles. The van der Waals surface area contributed by atoms with Crippen LogP contribution in [0.15, 0.2) is 53.1 Å². The zero-order valence-corrected chi connectivity index (χ0v) is 13.8. The van der Waals surface area contributed by atoms with Gasteiger partial charge >= 0.3 is 5.97 Å². The fourth-order valence-corrected chi connectivity index (χ4v) is 2.27. The zero-order chi connectivity index (χ0) is 18.5. The van der Waals surface area contributed by atoms with Crippen molar-refractivity contribution in [3.05, 3.63) is 54.1 Å². The molecule has 0 saturated carbocycles. The average molecular weight is 353 g/mol. The van der Waals surface area contributed by atoms with Gasteiger partial charge in [0.15, 0.2) is 12.4 Å². The first kappa shape index (κ1) is 17.2. The molecule has 0 aliphatic rings. The first-order valence-corrected chi connectivity index (χ1v) is 7.72. The van der Waals surface area contributed by atoms with Gasteiger partial charge in [-0.2, -0.15) is 0 Å².